The molecule has 0 unspecified atom stereocenters. The van der Waals surface area contributed by atoms with Crippen LogP contribution in [0.4, 0.5) is 10.5 Å². The molecule has 35 heavy (non-hydrogen) atoms. The molecule has 196 valence electrons. The molecule has 8 nitrogen and oxygen atoms in total. The number of rotatable bonds is 6. The number of amides is 3. The molecule has 3 amide bonds. The fraction of sp³-hybridized carbons (Fsp3) is 0.704. The van der Waals surface area contributed by atoms with Crippen molar-refractivity contribution < 1.29 is 19.1 Å². The predicted molar refractivity (Wildman–Crippen MR) is 139 cm³/mol. The van der Waals surface area contributed by atoms with Crippen LogP contribution in [-0.4, -0.2) is 80.8 Å². The van der Waals surface area contributed by atoms with E-state index in [2.05, 4.69) is 29.4 Å². The van der Waals surface area contributed by atoms with Crippen LogP contribution in [0.2, 0.25) is 0 Å². The number of urea groups is 1. The van der Waals surface area contributed by atoms with E-state index in [0.717, 1.165) is 25.4 Å². The lowest BCUT2D eigenvalue weighted by atomic mass is 9.99. The Morgan fingerprint density at radius 2 is 1.94 bits per heavy atom. The van der Waals surface area contributed by atoms with Gasteiger partial charge in [0.1, 0.15) is 12.4 Å². The van der Waals surface area contributed by atoms with E-state index >= 15 is 0 Å². The van der Waals surface area contributed by atoms with E-state index in [1.807, 2.05) is 6.92 Å². The van der Waals surface area contributed by atoms with Crippen LogP contribution >= 0.6 is 0 Å². The van der Waals surface area contributed by atoms with Crippen LogP contribution in [0.3, 0.4) is 0 Å². The quantitative estimate of drug-likeness (QED) is 0.627. The minimum atomic E-state index is -0.267. The van der Waals surface area contributed by atoms with Gasteiger partial charge in [-0.05, 0) is 50.2 Å². The summed E-state index contributed by atoms with van der Waals surface area (Å²) in [5, 5.41) is 5.65. The van der Waals surface area contributed by atoms with Crippen molar-refractivity contribution in [1.29, 1.82) is 0 Å². The summed E-state index contributed by atoms with van der Waals surface area (Å²) in [6.45, 7) is 9.94. The lowest BCUT2D eigenvalue weighted by Crippen LogP contribution is -2.47. The SMILES string of the molecule is CCCNC(=O)Nc1ccc2c(c1)OC[C@@H](C)N(CC1CCCC1)C[C@H](C)[C@@H](OC)CN(C)C2=O. The summed E-state index contributed by atoms with van der Waals surface area (Å²) in [6.07, 6.45) is 6.03. The molecule has 1 aromatic carbocycles. The van der Waals surface area contributed by atoms with Crippen molar-refractivity contribution >= 4 is 17.6 Å². The fourth-order valence-corrected chi connectivity index (χ4v) is 5.12. The normalized spacial score (nSPS) is 24.8. The van der Waals surface area contributed by atoms with E-state index in [1.165, 1.54) is 25.7 Å². The number of carbonyl (C=O) groups is 2. The van der Waals surface area contributed by atoms with Crippen molar-refractivity contribution in [2.75, 3.05) is 52.3 Å². The molecule has 0 bridgehead atoms. The highest BCUT2D eigenvalue weighted by molar-refractivity contribution is 5.98. The highest BCUT2D eigenvalue weighted by Crippen LogP contribution is 2.29. The number of anilines is 1. The first-order valence-electron chi connectivity index (χ1n) is 13.2. The predicted octanol–water partition coefficient (Wildman–Crippen LogP) is 4.21. The van der Waals surface area contributed by atoms with Crippen LogP contribution in [0.25, 0.3) is 0 Å². The van der Waals surface area contributed by atoms with Gasteiger partial charge in [-0.1, -0.05) is 26.7 Å². The molecular formula is C27H44N4O4. The lowest BCUT2D eigenvalue weighted by molar-refractivity contribution is 0.00814. The lowest BCUT2D eigenvalue weighted by Gasteiger charge is -2.37. The molecule has 2 aliphatic rings. The third-order valence-electron chi connectivity index (χ3n) is 7.34. The van der Waals surface area contributed by atoms with Crippen LogP contribution in [-0.2, 0) is 4.74 Å². The smallest absolute Gasteiger partial charge is 0.319 e. The van der Waals surface area contributed by atoms with Gasteiger partial charge in [0.15, 0.2) is 0 Å². The zero-order chi connectivity index (χ0) is 25.4. The van der Waals surface area contributed by atoms with E-state index in [1.54, 1.807) is 37.3 Å². The summed E-state index contributed by atoms with van der Waals surface area (Å²) in [5.74, 6) is 1.37. The first-order valence-corrected chi connectivity index (χ1v) is 13.2. The number of hydrogen-bond acceptors (Lipinski definition) is 5. The van der Waals surface area contributed by atoms with E-state index in [0.29, 0.717) is 36.7 Å². The van der Waals surface area contributed by atoms with E-state index in [-0.39, 0.29) is 30.0 Å². The molecule has 3 atom stereocenters. The average Bonchev–Trinajstić information content (AvgIpc) is 3.36. The van der Waals surface area contributed by atoms with Gasteiger partial charge in [0.05, 0.1) is 11.7 Å². The van der Waals surface area contributed by atoms with Gasteiger partial charge in [-0.2, -0.15) is 0 Å². The monoisotopic (exact) mass is 488 g/mol. The Morgan fingerprint density at radius 3 is 2.63 bits per heavy atom. The number of fused-ring (bicyclic) bond motifs is 1. The summed E-state index contributed by atoms with van der Waals surface area (Å²) in [4.78, 5) is 29.8. The molecule has 0 spiro atoms. The van der Waals surface area contributed by atoms with Gasteiger partial charge >= 0.3 is 6.03 Å². The van der Waals surface area contributed by atoms with Gasteiger partial charge in [0.2, 0.25) is 0 Å². The topological polar surface area (TPSA) is 83.1 Å². The summed E-state index contributed by atoms with van der Waals surface area (Å²) in [6, 6.07) is 5.15. The van der Waals surface area contributed by atoms with E-state index < -0.39 is 0 Å². The Morgan fingerprint density at radius 1 is 1.20 bits per heavy atom. The van der Waals surface area contributed by atoms with Gasteiger partial charge in [0, 0.05) is 58.1 Å². The van der Waals surface area contributed by atoms with Crippen LogP contribution in [0.15, 0.2) is 18.2 Å². The van der Waals surface area contributed by atoms with Crippen LogP contribution in [0.1, 0.15) is 63.2 Å². The van der Waals surface area contributed by atoms with Crippen molar-refractivity contribution in [1.82, 2.24) is 15.1 Å². The van der Waals surface area contributed by atoms with Gasteiger partial charge < -0.3 is 25.0 Å². The molecule has 1 heterocycles. The van der Waals surface area contributed by atoms with E-state index in [9.17, 15) is 9.59 Å². The number of carbonyl (C=O) groups excluding carboxylic acids is 2. The molecule has 0 radical (unpaired) electrons. The van der Waals surface area contributed by atoms with Crippen molar-refractivity contribution in [2.45, 2.75) is 65.0 Å². The maximum Gasteiger partial charge on any atom is 0.319 e. The largest absolute Gasteiger partial charge is 0.491 e. The van der Waals surface area contributed by atoms with Crippen LogP contribution in [0.5, 0.6) is 5.75 Å². The first-order chi connectivity index (χ1) is 16.8. The van der Waals surface area contributed by atoms with Gasteiger partial charge in [-0.15, -0.1) is 0 Å². The summed E-state index contributed by atoms with van der Waals surface area (Å²) in [5.41, 5.74) is 1.09. The number of nitrogens with zero attached hydrogens (tertiary/aromatic N) is 2. The number of hydrogen-bond donors (Lipinski definition) is 2. The van der Waals surface area contributed by atoms with Crippen molar-refractivity contribution in [3.8, 4) is 5.75 Å². The van der Waals surface area contributed by atoms with Crippen molar-refractivity contribution in [2.24, 2.45) is 11.8 Å². The molecule has 3 rings (SSSR count). The standard InChI is InChI=1S/C27H44N4O4/c1-6-13-28-27(33)29-22-11-12-23-24(14-22)35-18-20(3)31(16-21-9-7-8-10-21)15-19(2)25(34-5)17-30(4)26(23)32/h11-12,14,19-21,25H,6-10,13,15-18H2,1-5H3,(H2,28,29,33)/t19-,20+,25-/m0/s1. The molecule has 1 aromatic rings. The molecule has 1 fully saturated rings. The Balaban J connectivity index is 1.86. The number of benzene rings is 1. The Hall–Kier alpha value is -2.32. The maximum absolute atomic E-state index is 13.4. The van der Waals surface area contributed by atoms with Crippen LogP contribution in [0, 0.1) is 11.8 Å². The summed E-state index contributed by atoms with van der Waals surface area (Å²) < 4.78 is 12.1. The molecule has 1 aliphatic heterocycles. The van der Waals surface area contributed by atoms with Crippen molar-refractivity contribution in [3.05, 3.63) is 23.8 Å². The molecule has 2 N–H and O–H groups in total. The second kappa shape index (κ2) is 13.1. The maximum atomic E-state index is 13.4. The Labute approximate surface area is 210 Å². The second-order valence-electron chi connectivity index (χ2n) is 10.3. The molecule has 0 aromatic heterocycles. The molecule has 1 aliphatic carbocycles. The summed E-state index contributed by atoms with van der Waals surface area (Å²) in [7, 11) is 3.54. The number of methoxy groups -OCH3 is 1. The highest BCUT2D eigenvalue weighted by Gasteiger charge is 2.30. The van der Waals surface area contributed by atoms with Gasteiger partial charge in [0.25, 0.3) is 5.91 Å². The molecular weight excluding hydrogens is 444 g/mol. The Kier molecular flexibility index (Phi) is 10.2. The molecule has 1 saturated carbocycles. The van der Waals surface area contributed by atoms with Gasteiger partial charge in [-0.25, -0.2) is 4.79 Å². The number of ether oxygens (including phenoxy) is 2. The Bertz CT molecular complexity index is 842. The highest BCUT2D eigenvalue weighted by atomic mass is 16.5. The minimum Gasteiger partial charge on any atom is -0.491 e. The van der Waals surface area contributed by atoms with Gasteiger partial charge in [-0.3, -0.25) is 9.69 Å². The first kappa shape index (κ1) is 27.3. The van der Waals surface area contributed by atoms with E-state index in [4.69, 9.17) is 9.47 Å². The average molecular weight is 489 g/mol. The third kappa shape index (κ3) is 7.58. The molecule has 0 saturated heterocycles. The number of nitrogens with one attached hydrogen (secondary N) is 2. The van der Waals surface area contributed by atoms with Crippen molar-refractivity contribution in [3.63, 3.8) is 0 Å². The molecule has 8 heteroatoms. The number of likely N-dealkylation sites (N-methyl/N-ethyl adjacent to an activating group) is 1. The second-order valence-corrected chi connectivity index (χ2v) is 10.3. The summed E-state index contributed by atoms with van der Waals surface area (Å²) >= 11 is 0. The minimum absolute atomic E-state index is 0.0609. The third-order valence-corrected chi connectivity index (χ3v) is 7.34. The zero-order valence-electron chi connectivity index (χ0n) is 22.1. The zero-order valence-corrected chi connectivity index (χ0v) is 22.1. The fourth-order valence-electron chi connectivity index (χ4n) is 5.12. The van der Waals surface area contributed by atoms with Crippen LogP contribution < -0.4 is 15.4 Å².